The zero-order valence-electron chi connectivity index (χ0n) is 9.08. The molecule has 0 saturated carbocycles. The molecule has 0 aliphatic heterocycles. The van der Waals surface area contributed by atoms with Gasteiger partial charge in [-0.1, -0.05) is 11.3 Å². The molecule has 6 nitrogen and oxygen atoms in total. The highest BCUT2D eigenvalue weighted by Crippen LogP contribution is 2.10. The molecule has 0 fully saturated rings. The summed E-state index contributed by atoms with van der Waals surface area (Å²) in [5.41, 5.74) is 1.27. The predicted octanol–water partition coefficient (Wildman–Crippen LogP) is 0.939. The molecule has 2 aromatic rings. The van der Waals surface area contributed by atoms with Crippen LogP contribution in [0.4, 0.5) is 5.69 Å². The molecular formula is C11H9N5O. The summed E-state index contributed by atoms with van der Waals surface area (Å²) >= 11 is 0. The van der Waals surface area contributed by atoms with Gasteiger partial charge in [0, 0.05) is 12.7 Å². The number of carbonyl (C=O) groups is 1. The molecule has 1 aromatic heterocycles. The van der Waals surface area contributed by atoms with Crippen LogP contribution in [0.3, 0.4) is 0 Å². The lowest BCUT2D eigenvalue weighted by Gasteiger charge is -2.02. The first-order chi connectivity index (χ1) is 8.19. The summed E-state index contributed by atoms with van der Waals surface area (Å²) in [6.07, 6.45) is 1.52. The molecule has 0 unspecified atom stereocenters. The van der Waals surface area contributed by atoms with E-state index in [0.717, 1.165) is 0 Å². The molecule has 1 N–H and O–H groups in total. The molecule has 84 valence electrons. The number of hydrogen-bond acceptors (Lipinski definition) is 4. The Labute approximate surface area is 97.5 Å². The summed E-state index contributed by atoms with van der Waals surface area (Å²) in [6, 6.07) is 8.66. The van der Waals surface area contributed by atoms with Crippen molar-refractivity contribution in [2.45, 2.75) is 0 Å². The van der Waals surface area contributed by atoms with E-state index in [1.54, 1.807) is 31.3 Å². The van der Waals surface area contributed by atoms with Gasteiger partial charge in [-0.2, -0.15) is 5.26 Å². The fourth-order valence-electron chi connectivity index (χ4n) is 1.31. The van der Waals surface area contributed by atoms with Crippen molar-refractivity contribution in [1.82, 2.24) is 15.0 Å². The molecular weight excluding hydrogens is 218 g/mol. The maximum absolute atomic E-state index is 11.7. The largest absolute Gasteiger partial charge is 0.321 e. The molecule has 0 atom stereocenters. The van der Waals surface area contributed by atoms with Crippen molar-refractivity contribution in [1.29, 1.82) is 5.26 Å². The molecule has 0 spiro atoms. The second-order valence-corrected chi connectivity index (χ2v) is 3.42. The number of amides is 1. The maximum atomic E-state index is 11.7. The van der Waals surface area contributed by atoms with Crippen molar-refractivity contribution in [3.63, 3.8) is 0 Å². The van der Waals surface area contributed by atoms with E-state index in [2.05, 4.69) is 15.6 Å². The second kappa shape index (κ2) is 4.45. The lowest BCUT2D eigenvalue weighted by Crippen LogP contribution is -2.12. The highest BCUT2D eigenvalue weighted by molar-refractivity contribution is 6.02. The number of aromatic nitrogens is 3. The van der Waals surface area contributed by atoms with Gasteiger partial charge in [0.2, 0.25) is 0 Å². The average Bonchev–Trinajstić information content (AvgIpc) is 2.76. The van der Waals surface area contributed by atoms with Gasteiger partial charge in [-0.05, 0) is 18.2 Å². The fourth-order valence-corrected chi connectivity index (χ4v) is 1.31. The predicted molar refractivity (Wildman–Crippen MR) is 60.1 cm³/mol. The topological polar surface area (TPSA) is 83.6 Å². The third kappa shape index (κ3) is 2.46. The number of nitrogens with zero attached hydrogens (tertiary/aromatic N) is 4. The molecule has 1 aromatic carbocycles. The summed E-state index contributed by atoms with van der Waals surface area (Å²) in [5.74, 6) is -0.354. The van der Waals surface area contributed by atoms with Crippen LogP contribution in [0.1, 0.15) is 16.1 Å². The van der Waals surface area contributed by atoms with E-state index in [1.807, 2.05) is 6.07 Å². The van der Waals surface area contributed by atoms with Crippen LogP contribution in [0.15, 0.2) is 30.5 Å². The normalized spacial score (nSPS) is 9.65. The third-order valence-corrected chi connectivity index (χ3v) is 2.08. The van der Waals surface area contributed by atoms with Crippen LogP contribution in [-0.2, 0) is 7.05 Å². The standard InChI is InChI=1S/C11H9N5O/c1-16-7-10(14-15-16)11(17)13-9-4-2-3-8(5-9)6-12/h2-5,7H,1H3,(H,13,17). The highest BCUT2D eigenvalue weighted by Gasteiger charge is 2.09. The average molecular weight is 227 g/mol. The minimum absolute atomic E-state index is 0.231. The Kier molecular flexibility index (Phi) is 2.83. The van der Waals surface area contributed by atoms with E-state index in [-0.39, 0.29) is 11.6 Å². The van der Waals surface area contributed by atoms with Gasteiger partial charge >= 0.3 is 0 Å². The van der Waals surface area contributed by atoms with Gasteiger partial charge in [-0.3, -0.25) is 9.48 Å². The smallest absolute Gasteiger partial charge is 0.277 e. The number of carbonyl (C=O) groups excluding carboxylic acids is 1. The van der Waals surface area contributed by atoms with Crippen LogP contribution in [0.2, 0.25) is 0 Å². The first kappa shape index (κ1) is 10.8. The van der Waals surface area contributed by atoms with Gasteiger partial charge in [-0.15, -0.1) is 5.10 Å². The van der Waals surface area contributed by atoms with Gasteiger partial charge in [0.1, 0.15) is 0 Å². The SMILES string of the molecule is Cn1cc(C(=O)Nc2cccc(C#N)c2)nn1. The quantitative estimate of drug-likeness (QED) is 0.827. The van der Waals surface area contributed by atoms with E-state index in [1.165, 1.54) is 10.9 Å². The summed E-state index contributed by atoms with van der Waals surface area (Å²) in [7, 11) is 1.68. The van der Waals surface area contributed by atoms with E-state index >= 15 is 0 Å². The number of anilines is 1. The van der Waals surface area contributed by atoms with Crippen molar-refractivity contribution < 1.29 is 4.79 Å². The molecule has 17 heavy (non-hydrogen) atoms. The number of rotatable bonds is 2. The lowest BCUT2D eigenvalue weighted by atomic mass is 10.2. The van der Waals surface area contributed by atoms with E-state index < -0.39 is 0 Å². The first-order valence-electron chi connectivity index (χ1n) is 4.87. The van der Waals surface area contributed by atoms with E-state index in [4.69, 9.17) is 5.26 Å². The molecule has 2 rings (SSSR count). The summed E-state index contributed by atoms with van der Waals surface area (Å²) < 4.78 is 1.45. The van der Waals surface area contributed by atoms with Gasteiger partial charge in [-0.25, -0.2) is 0 Å². The van der Waals surface area contributed by atoms with Crippen LogP contribution in [0.25, 0.3) is 0 Å². The minimum Gasteiger partial charge on any atom is -0.321 e. The number of nitriles is 1. The van der Waals surface area contributed by atoms with Crippen molar-refractivity contribution >= 4 is 11.6 Å². The number of benzene rings is 1. The van der Waals surface area contributed by atoms with Gasteiger partial charge in [0.05, 0.1) is 17.8 Å². The van der Waals surface area contributed by atoms with Crippen molar-refractivity contribution in [3.05, 3.63) is 41.7 Å². The number of hydrogen-bond donors (Lipinski definition) is 1. The molecule has 0 bridgehead atoms. The van der Waals surface area contributed by atoms with Crippen molar-refractivity contribution in [2.24, 2.45) is 7.05 Å². The summed E-state index contributed by atoms with van der Waals surface area (Å²) in [4.78, 5) is 11.7. The van der Waals surface area contributed by atoms with E-state index in [9.17, 15) is 4.79 Å². The van der Waals surface area contributed by atoms with Crippen molar-refractivity contribution in [3.8, 4) is 6.07 Å². The Bertz CT molecular complexity index is 596. The highest BCUT2D eigenvalue weighted by atomic mass is 16.2. The third-order valence-electron chi connectivity index (χ3n) is 2.08. The van der Waals surface area contributed by atoms with Crippen LogP contribution in [0.5, 0.6) is 0 Å². The molecule has 0 aliphatic rings. The fraction of sp³-hybridized carbons (Fsp3) is 0.0909. The molecule has 0 aliphatic carbocycles. The molecule has 0 saturated heterocycles. The zero-order chi connectivity index (χ0) is 12.3. The summed E-state index contributed by atoms with van der Waals surface area (Å²) in [5, 5.41) is 18.7. The molecule has 1 amide bonds. The summed E-state index contributed by atoms with van der Waals surface area (Å²) in [6.45, 7) is 0. The maximum Gasteiger partial charge on any atom is 0.277 e. The van der Waals surface area contributed by atoms with Crippen molar-refractivity contribution in [2.75, 3.05) is 5.32 Å². The minimum atomic E-state index is -0.354. The monoisotopic (exact) mass is 227 g/mol. The lowest BCUT2D eigenvalue weighted by molar-refractivity contribution is 0.102. The van der Waals surface area contributed by atoms with Gasteiger partial charge in [0.15, 0.2) is 5.69 Å². The first-order valence-corrected chi connectivity index (χ1v) is 4.87. The van der Waals surface area contributed by atoms with Gasteiger partial charge < -0.3 is 5.32 Å². The Balaban J connectivity index is 2.16. The van der Waals surface area contributed by atoms with Crippen LogP contribution in [0, 0.1) is 11.3 Å². The Morgan fingerprint density at radius 1 is 1.53 bits per heavy atom. The molecule has 1 heterocycles. The van der Waals surface area contributed by atoms with Gasteiger partial charge in [0.25, 0.3) is 5.91 Å². The van der Waals surface area contributed by atoms with E-state index in [0.29, 0.717) is 11.3 Å². The Morgan fingerprint density at radius 2 is 2.35 bits per heavy atom. The second-order valence-electron chi connectivity index (χ2n) is 3.42. The van der Waals surface area contributed by atoms with Crippen LogP contribution >= 0.6 is 0 Å². The van der Waals surface area contributed by atoms with Crippen LogP contribution in [-0.4, -0.2) is 20.9 Å². The number of nitrogens with one attached hydrogen (secondary N) is 1. The molecule has 0 radical (unpaired) electrons. The zero-order valence-corrected chi connectivity index (χ0v) is 9.08. The number of aryl methyl sites for hydroxylation is 1. The molecule has 6 heteroatoms. The Morgan fingerprint density at radius 3 is 3.00 bits per heavy atom. The Hall–Kier alpha value is -2.68. The van der Waals surface area contributed by atoms with Crippen LogP contribution < -0.4 is 5.32 Å².